The molecule has 0 aliphatic carbocycles. The number of carbonyl (C=O) groups excluding carboxylic acids is 2. The average molecular weight is 464 g/mol. The SMILES string of the molecule is Cc1ccc(-c2csc(NC(=O)C(C)N3CCC(C(=O)Nc4cc(C)ccn4)CC3)n2)cc1. The molecule has 4 rings (SSSR count). The lowest BCUT2D eigenvalue weighted by Crippen LogP contribution is -2.47. The van der Waals surface area contributed by atoms with Crippen molar-refractivity contribution in [2.75, 3.05) is 23.7 Å². The van der Waals surface area contributed by atoms with Crippen LogP contribution in [-0.2, 0) is 9.59 Å². The molecule has 1 aliphatic heterocycles. The number of hydrogen-bond acceptors (Lipinski definition) is 6. The fourth-order valence-electron chi connectivity index (χ4n) is 3.95. The van der Waals surface area contributed by atoms with Crippen LogP contribution in [0.5, 0.6) is 0 Å². The number of thiazole rings is 1. The Morgan fingerprint density at radius 3 is 2.48 bits per heavy atom. The number of amides is 2. The zero-order chi connectivity index (χ0) is 23.4. The first kappa shape index (κ1) is 23.1. The fraction of sp³-hybridized carbons (Fsp3) is 0.360. The molecule has 2 N–H and O–H groups in total. The zero-order valence-corrected chi connectivity index (χ0v) is 20.0. The first-order chi connectivity index (χ1) is 15.9. The van der Waals surface area contributed by atoms with Gasteiger partial charge in [-0.3, -0.25) is 14.5 Å². The number of benzene rings is 1. The Balaban J connectivity index is 1.28. The Bertz CT molecular complexity index is 1120. The number of nitrogens with zero attached hydrogens (tertiary/aromatic N) is 3. The second kappa shape index (κ2) is 10.2. The molecule has 2 aromatic heterocycles. The van der Waals surface area contributed by atoms with Gasteiger partial charge >= 0.3 is 0 Å². The number of nitrogens with one attached hydrogen (secondary N) is 2. The first-order valence-electron chi connectivity index (χ1n) is 11.2. The van der Waals surface area contributed by atoms with Crippen molar-refractivity contribution >= 4 is 34.1 Å². The molecule has 0 saturated carbocycles. The number of hydrogen-bond donors (Lipinski definition) is 2. The van der Waals surface area contributed by atoms with Crippen LogP contribution >= 0.6 is 11.3 Å². The minimum Gasteiger partial charge on any atom is -0.310 e. The lowest BCUT2D eigenvalue weighted by molar-refractivity contribution is -0.123. The highest BCUT2D eigenvalue weighted by Gasteiger charge is 2.30. The van der Waals surface area contributed by atoms with Gasteiger partial charge in [0.2, 0.25) is 11.8 Å². The maximum atomic E-state index is 12.8. The number of aryl methyl sites for hydroxylation is 2. The van der Waals surface area contributed by atoms with E-state index in [1.807, 2.05) is 43.5 Å². The van der Waals surface area contributed by atoms with E-state index in [0.717, 1.165) is 16.8 Å². The van der Waals surface area contributed by atoms with Crippen LogP contribution in [0.4, 0.5) is 10.9 Å². The lowest BCUT2D eigenvalue weighted by Gasteiger charge is -2.34. The molecule has 8 heteroatoms. The van der Waals surface area contributed by atoms with Gasteiger partial charge in [-0.25, -0.2) is 9.97 Å². The molecular formula is C25H29N5O2S. The van der Waals surface area contributed by atoms with Crippen molar-refractivity contribution in [1.82, 2.24) is 14.9 Å². The highest BCUT2D eigenvalue weighted by molar-refractivity contribution is 7.14. The Labute approximate surface area is 198 Å². The normalized spacial score (nSPS) is 15.7. The molecule has 1 saturated heterocycles. The van der Waals surface area contributed by atoms with Crippen LogP contribution in [0, 0.1) is 19.8 Å². The highest BCUT2D eigenvalue weighted by atomic mass is 32.1. The Morgan fingerprint density at radius 2 is 1.79 bits per heavy atom. The number of rotatable bonds is 6. The number of likely N-dealkylation sites (tertiary alicyclic amines) is 1. The van der Waals surface area contributed by atoms with Crippen LogP contribution in [0.2, 0.25) is 0 Å². The minimum atomic E-state index is -0.292. The smallest absolute Gasteiger partial charge is 0.243 e. The summed E-state index contributed by atoms with van der Waals surface area (Å²) in [4.78, 5) is 36.3. The van der Waals surface area contributed by atoms with Crippen LogP contribution in [0.25, 0.3) is 11.3 Å². The molecule has 2 amide bonds. The fourth-order valence-corrected chi connectivity index (χ4v) is 4.67. The summed E-state index contributed by atoms with van der Waals surface area (Å²) < 4.78 is 0. The molecule has 0 bridgehead atoms. The zero-order valence-electron chi connectivity index (χ0n) is 19.2. The van der Waals surface area contributed by atoms with Crippen molar-refractivity contribution < 1.29 is 9.59 Å². The molecule has 7 nitrogen and oxygen atoms in total. The van der Waals surface area contributed by atoms with Gasteiger partial charge in [-0.2, -0.15) is 0 Å². The van der Waals surface area contributed by atoms with Crippen molar-refractivity contribution in [3.63, 3.8) is 0 Å². The molecule has 1 atom stereocenters. The van der Waals surface area contributed by atoms with Crippen molar-refractivity contribution in [1.29, 1.82) is 0 Å². The van der Waals surface area contributed by atoms with Crippen LogP contribution in [0.15, 0.2) is 48.0 Å². The third-order valence-electron chi connectivity index (χ3n) is 6.08. The predicted octanol–water partition coefficient (Wildman–Crippen LogP) is 4.50. The number of carbonyl (C=O) groups is 2. The summed E-state index contributed by atoms with van der Waals surface area (Å²) in [6, 6.07) is 11.6. The van der Waals surface area contributed by atoms with Crippen LogP contribution in [0.1, 0.15) is 30.9 Å². The second-order valence-electron chi connectivity index (χ2n) is 8.59. The molecule has 172 valence electrons. The van der Waals surface area contributed by atoms with Crippen molar-refractivity contribution in [2.45, 2.75) is 39.7 Å². The summed E-state index contributed by atoms with van der Waals surface area (Å²) in [5.41, 5.74) is 4.15. The maximum absolute atomic E-state index is 12.8. The maximum Gasteiger partial charge on any atom is 0.243 e. The van der Waals surface area contributed by atoms with E-state index in [2.05, 4.69) is 44.6 Å². The summed E-state index contributed by atoms with van der Waals surface area (Å²) in [5.74, 6) is 0.432. The van der Waals surface area contributed by atoms with E-state index in [4.69, 9.17) is 0 Å². The number of piperidine rings is 1. The topological polar surface area (TPSA) is 87.2 Å². The molecule has 3 aromatic rings. The molecule has 1 fully saturated rings. The second-order valence-corrected chi connectivity index (χ2v) is 9.45. The quantitative estimate of drug-likeness (QED) is 0.562. The van der Waals surface area contributed by atoms with Crippen LogP contribution in [-0.4, -0.2) is 45.8 Å². The van der Waals surface area contributed by atoms with Gasteiger partial charge in [-0.1, -0.05) is 29.8 Å². The van der Waals surface area contributed by atoms with Gasteiger partial charge in [-0.05, 0) is 64.4 Å². The molecule has 3 heterocycles. The Kier molecular flexibility index (Phi) is 7.15. The largest absolute Gasteiger partial charge is 0.310 e. The molecule has 33 heavy (non-hydrogen) atoms. The summed E-state index contributed by atoms with van der Waals surface area (Å²) >= 11 is 1.43. The van der Waals surface area contributed by atoms with E-state index in [1.54, 1.807) is 6.20 Å². The molecule has 0 radical (unpaired) electrons. The van der Waals surface area contributed by atoms with Gasteiger partial charge < -0.3 is 10.6 Å². The van der Waals surface area contributed by atoms with Gasteiger partial charge in [0.1, 0.15) is 5.82 Å². The van der Waals surface area contributed by atoms with Crippen molar-refractivity contribution in [2.24, 2.45) is 5.92 Å². The van der Waals surface area contributed by atoms with Crippen molar-refractivity contribution in [3.05, 3.63) is 59.1 Å². The van der Waals surface area contributed by atoms with E-state index in [0.29, 0.717) is 36.9 Å². The number of aromatic nitrogens is 2. The standard InChI is InChI=1S/C25H29N5O2S/c1-16-4-6-19(7-5-16)21-15-33-25(27-21)29-23(31)18(3)30-12-9-20(10-13-30)24(32)28-22-14-17(2)8-11-26-22/h4-8,11,14-15,18,20H,9-10,12-13H2,1-3H3,(H,26,28,32)(H,27,29,31). The lowest BCUT2D eigenvalue weighted by atomic mass is 9.95. The molecule has 0 spiro atoms. The Hall–Kier alpha value is -3.10. The summed E-state index contributed by atoms with van der Waals surface area (Å²) in [7, 11) is 0. The van der Waals surface area contributed by atoms with Gasteiger partial charge in [0, 0.05) is 23.1 Å². The Morgan fingerprint density at radius 1 is 1.06 bits per heavy atom. The van der Waals surface area contributed by atoms with Gasteiger partial charge in [0.15, 0.2) is 5.13 Å². The van der Waals surface area contributed by atoms with E-state index in [9.17, 15) is 9.59 Å². The van der Waals surface area contributed by atoms with Gasteiger partial charge in [-0.15, -0.1) is 11.3 Å². The average Bonchev–Trinajstić information content (AvgIpc) is 3.27. The van der Waals surface area contributed by atoms with Gasteiger partial charge in [0.05, 0.1) is 11.7 Å². The molecular weight excluding hydrogens is 434 g/mol. The predicted molar refractivity (Wildman–Crippen MR) is 132 cm³/mol. The minimum absolute atomic E-state index is 0.00345. The first-order valence-corrected chi connectivity index (χ1v) is 12.1. The number of pyridine rings is 1. The van der Waals surface area contributed by atoms with E-state index >= 15 is 0 Å². The summed E-state index contributed by atoms with van der Waals surface area (Å²) in [6.45, 7) is 7.31. The van der Waals surface area contributed by atoms with E-state index in [1.165, 1.54) is 16.9 Å². The summed E-state index contributed by atoms with van der Waals surface area (Å²) in [6.07, 6.45) is 3.12. The monoisotopic (exact) mass is 463 g/mol. The van der Waals surface area contributed by atoms with E-state index < -0.39 is 0 Å². The van der Waals surface area contributed by atoms with Gasteiger partial charge in [0.25, 0.3) is 0 Å². The van der Waals surface area contributed by atoms with E-state index in [-0.39, 0.29) is 23.8 Å². The summed E-state index contributed by atoms with van der Waals surface area (Å²) in [5, 5.41) is 8.42. The molecule has 1 unspecified atom stereocenters. The molecule has 1 aliphatic rings. The van der Waals surface area contributed by atoms with Crippen LogP contribution in [0.3, 0.4) is 0 Å². The third kappa shape index (κ3) is 5.83. The van der Waals surface area contributed by atoms with Crippen LogP contribution < -0.4 is 10.6 Å². The molecule has 1 aromatic carbocycles. The van der Waals surface area contributed by atoms with Crippen molar-refractivity contribution in [3.8, 4) is 11.3 Å². The number of anilines is 2. The highest BCUT2D eigenvalue weighted by Crippen LogP contribution is 2.26. The third-order valence-corrected chi connectivity index (χ3v) is 6.83.